The number of nitrogens with one attached hydrogen (secondary N) is 1. The molecule has 3 fully saturated rings. The van der Waals surface area contributed by atoms with E-state index in [9.17, 15) is 0 Å². The predicted molar refractivity (Wildman–Crippen MR) is 75.9 cm³/mol. The quantitative estimate of drug-likeness (QED) is 0.765. The Morgan fingerprint density at radius 1 is 1.11 bits per heavy atom. The minimum atomic E-state index is 0.355. The van der Waals surface area contributed by atoms with E-state index in [-0.39, 0.29) is 0 Å². The molecule has 1 spiro atoms. The molecule has 3 aliphatic rings. The van der Waals surface area contributed by atoms with E-state index < -0.39 is 0 Å². The molecule has 0 unspecified atom stereocenters. The Morgan fingerprint density at radius 3 is 2.39 bits per heavy atom. The molecule has 3 aliphatic heterocycles. The molecule has 0 aromatic heterocycles. The minimum Gasteiger partial charge on any atom is -0.317 e. The Kier molecular flexibility index (Phi) is 3.20. The maximum absolute atomic E-state index is 3.50. The highest BCUT2D eigenvalue weighted by Gasteiger charge is 2.53. The molecule has 0 amide bonds. The van der Waals surface area contributed by atoms with E-state index in [4.69, 9.17) is 0 Å². The average Bonchev–Trinajstić information content (AvgIpc) is 2.71. The summed E-state index contributed by atoms with van der Waals surface area (Å²) in [5.41, 5.74) is 0.906. The normalized spacial score (nSPS) is 30.8. The van der Waals surface area contributed by atoms with Gasteiger partial charge in [-0.2, -0.15) is 0 Å². The standard InChI is InChI=1S/C15H29N3/c1-14(2,3)17-11-15(12-17)7-4-10-18(15)13-5-8-16-9-6-13/h13,16H,4-12H2,1-3H3. The molecule has 104 valence electrons. The number of hydrogen-bond acceptors (Lipinski definition) is 3. The molecule has 0 saturated carbocycles. The second-order valence-corrected chi connectivity index (χ2v) is 7.53. The zero-order valence-electron chi connectivity index (χ0n) is 12.3. The first-order chi connectivity index (χ1) is 8.51. The minimum absolute atomic E-state index is 0.355. The Bertz CT molecular complexity index is 295. The highest BCUT2D eigenvalue weighted by atomic mass is 15.4. The lowest BCUT2D eigenvalue weighted by atomic mass is 9.81. The molecule has 0 radical (unpaired) electrons. The van der Waals surface area contributed by atoms with E-state index in [0.29, 0.717) is 11.1 Å². The maximum atomic E-state index is 3.50. The van der Waals surface area contributed by atoms with E-state index in [1.807, 2.05) is 0 Å². The topological polar surface area (TPSA) is 18.5 Å². The van der Waals surface area contributed by atoms with Crippen LogP contribution in [0.25, 0.3) is 0 Å². The summed E-state index contributed by atoms with van der Waals surface area (Å²) in [5.74, 6) is 0. The van der Waals surface area contributed by atoms with Gasteiger partial charge in [0.1, 0.15) is 0 Å². The SMILES string of the molecule is CC(C)(C)N1CC2(CCCN2C2CCNCC2)C1. The lowest BCUT2D eigenvalue weighted by Gasteiger charge is -2.59. The van der Waals surface area contributed by atoms with Crippen molar-refractivity contribution in [1.82, 2.24) is 15.1 Å². The van der Waals surface area contributed by atoms with E-state index >= 15 is 0 Å². The third-order valence-corrected chi connectivity index (χ3v) is 5.32. The molecule has 0 aromatic carbocycles. The van der Waals surface area contributed by atoms with Gasteiger partial charge in [-0.1, -0.05) is 0 Å². The maximum Gasteiger partial charge on any atom is 0.0466 e. The molecule has 3 heteroatoms. The fourth-order valence-corrected chi connectivity index (χ4v) is 4.13. The summed E-state index contributed by atoms with van der Waals surface area (Å²) in [7, 11) is 0. The number of rotatable bonds is 1. The number of hydrogen-bond donors (Lipinski definition) is 1. The van der Waals surface area contributed by atoms with Crippen molar-refractivity contribution in [2.75, 3.05) is 32.7 Å². The van der Waals surface area contributed by atoms with Crippen LogP contribution < -0.4 is 5.32 Å². The van der Waals surface area contributed by atoms with Crippen molar-refractivity contribution in [2.24, 2.45) is 0 Å². The van der Waals surface area contributed by atoms with E-state index in [1.165, 1.54) is 58.4 Å². The Morgan fingerprint density at radius 2 is 1.78 bits per heavy atom. The largest absolute Gasteiger partial charge is 0.317 e. The van der Waals surface area contributed by atoms with Gasteiger partial charge in [0.05, 0.1) is 0 Å². The van der Waals surface area contributed by atoms with Gasteiger partial charge >= 0.3 is 0 Å². The van der Waals surface area contributed by atoms with Gasteiger partial charge in [-0.3, -0.25) is 9.80 Å². The van der Waals surface area contributed by atoms with Crippen molar-refractivity contribution in [3.63, 3.8) is 0 Å². The summed E-state index contributed by atoms with van der Waals surface area (Å²) in [5, 5.41) is 3.50. The molecule has 18 heavy (non-hydrogen) atoms. The molecular formula is C15H29N3. The molecule has 3 saturated heterocycles. The van der Waals surface area contributed by atoms with Crippen LogP contribution >= 0.6 is 0 Å². The molecule has 3 rings (SSSR count). The van der Waals surface area contributed by atoms with Crippen LogP contribution in [-0.2, 0) is 0 Å². The molecule has 1 N–H and O–H groups in total. The first kappa shape index (κ1) is 12.9. The van der Waals surface area contributed by atoms with Crippen LogP contribution in [0.15, 0.2) is 0 Å². The van der Waals surface area contributed by atoms with Gasteiger partial charge < -0.3 is 5.32 Å². The highest BCUT2D eigenvalue weighted by molar-refractivity contribution is 5.11. The van der Waals surface area contributed by atoms with Crippen molar-refractivity contribution in [3.05, 3.63) is 0 Å². The summed E-state index contributed by atoms with van der Waals surface area (Å²) in [6.07, 6.45) is 5.57. The van der Waals surface area contributed by atoms with Crippen LogP contribution in [-0.4, -0.2) is 59.6 Å². The summed E-state index contributed by atoms with van der Waals surface area (Å²) in [4.78, 5) is 5.54. The average molecular weight is 251 g/mol. The van der Waals surface area contributed by atoms with E-state index in [2.05, 4.69) is 35.9 Å². The Labute approximate surface area is 112 Å². The molecule has 0 aromatic rings. The van der Waals surface area contributed by atoms with Gasteiger partial charge in [-0.05, 0) is 66.1 Å². The lowest BCUT2D eigenvalue weighted by molar-refractivity contribution is -0.0927. The second-order valence-electron chi connectivity index (χ2n) is 7.53. The highest BCUT2D eigenvalue weighted by Crippen LogP contribution is 2.42. The summed E-state index contributed by atoms with van der Waals surface area (Å²) in [6.45, 7) is 13.5. The first-order valence-corrected chi connectivity index (χ1v) is 7.74. The van der Waals surface area contributed by atoms with Crippen LogP contribution in [0.5, 0.6) is 0 Å². The van der Waals surface area contributed by atoms with Gasteiger partial charge in [0.15, 0.2) is 0 Å². The van der Waals surface area contributed by atoms with Crippen molar-refractivity contribution < 1.29 is 0 Å². The number of nitrogens with zero attached hydrogens (tertiary/aromatic N) is 2. The molecule has 3 nitrogen and oxygen atoms in total. The van der Waals surface area contributed by atoms with Gasteiger partial charge in [0.25, 0.3) is 0 Å². The van der Waals surface area contributed by atoms with Gasteiger partial charge in [0, 0.05) is 30.2 Å². The van der Waals surface area contributed by atoms with Gasteiger partial charge in [-0.25, -0.2) is 0 Å². The molecule has 3 heterocycles. The number of piperidine rings is 1. The third kappa shape index (κ3) is 2.10. The van der Waals surface area contributed by atoms with Crippen LogP contribution in [0.1, 0.15) is 46.5 Å². The Hall–Kier alpha value is -0.120. The molecule has 0 bridgehead atoms. The van der Waals surface area contributed by atoms with Crippen LogP contribution in [0, 0.1) is 0 Å². The predicted octanol–water partition coefficient (Wildman–Crippen LogP) is 1.69. The van der Waals surface area contributed by atoms with Crippen molar-refractivity contribution in [2.45, 2.75) is 63.6 Å². The van der Waals surface area contributed by atoms with Gasteiger partial charge in [-0.15, -0.1) is 0 Å². The van der Waals surface area contributed by atoms with Crippen LogP contribution in [0.2, 0.25) is 0 Å². The Balaban J connectivity index is 1.65. The fraction of sp³-hybridized carbons (Fsp3) is 1.00. The summed E-state index contributed by atoms with van der Waals surface area (Å²) in [6, 6.07) is 0.857. The summed E-state index contributed by atoms with van der Waals surface area (Å²) < 4.78 is 0. The third-order valence-electron chi connectivity index (χ3n) is 5.32. The molecule has 0 atom stereocenters. The van der Waals surface area contributed by atoms with Crippen molar-refractivity contribution in [1.29, 1.82) is 0 Å². The van der Waals surface area contributed by atoms with Crippen LogP contribution in [0.4, 0.5) is 0 Å². The van der Waals surface area contributed by atoms with Crippen molar-refractivity contribution in [3.8, 4) is 0 Å². The zero-order valence-corrected chi connectivity index (χ0v) is 12.3. The second kappa shape index (κ2) is 4.46. The van der Waals surface area contributed by atoms with Crippen molar-refractivity contribution >= 4 is 0 Å². The zero-order chi connectivity index (χ0) is 12.8. The first-order valence-electron chi connectivity index (χ1n) is 7.74. The van der Waals surface area contributed by atoms with E-state index in [0.717, 1.165) is 6.04 Å². The number of likely N-dealkylation sites (tertiary alicyclic amines) is 2. The molecule has 0 aliphatic carbocycles. The van der Waals surface area contributed by atoms with Crippen LogP contribution in [0.3, 0.4) is 0 Å². The monoisotopic (exact) mass is 251 g/mol. The fourth-order valence-electron chi connectivity index (χ4n) is 4.13. The van der Waals surface area contributed by atoms with Gasteiger partial charge in [0.2, 0.25) is 0 Å². The lowest BCUT2D eigenvalue weighted by Crippen LogP contribution is -2.73. The summed E-state index contributed by atoms with van der Waals surface area (Å²) >= 11 is 0. The van der Waals surface area contributed by atoms with E-state index in [1.54, 1.807) is 0 Å². The smallest absolute Gasteiger partial charge is 0.0466 e. The molecular weight excluding hydrogens is 222 g/mol.